The van der Waals surface area contributed by atoms with Gasteiger partial charge < -0.3 is 74.4 Å². The molecule has 0 amide bonds. The third-order valence-corrected chi connectivity index (χ3v) is 7.29. The highest BCUT2D eigenvalue weighted by atomic mass is 16.7. The zero-order valence-electron chi connectivity index (χ0n) is 22.3. The van der Waals surface area contributed by atoms with Crippen LogP contribution in [0.4, 0.5) is 0 Å². The normalized spacial score (nSPS) is 33.0. The van der Waals surface area contributed by atoms with Crippen LogP contribution in [0.25, 0.3) is 22.3 Å². The van der Waals surface area contributed by atoms with E-state index in [1.807, 2.05) is 0 Å². The van der Waals surface area contributed by atoms with Crippen LogP contribution in [-0.2, 0) is 14.2 Å². The molecule has 43 heavy (non-hydrogen) atoms. The third kappa shape index (κ3) is 5.67. The van der Waals surface area contributed by atoms with Gasteiger partial charge in [0, 0.05) is 17.7 Å². The molecule has 0 bridgehead atoms. The number of phenolic OH excluding ortho intramolecular Hbond substituents is 4. The Labute approximate surface area is 241 Å². The number of hydrogen-bond donors (Lipinski definition) is 10. The van der Waals surface area contributed by atoms with Crippen molar-refractivity contribution in [3.05, 3.63) is 40.6 Å². The minimum atomic E-state index is -1.97. The van der Waals surface area contributed by atoms with Crippen molar-refractivity contribution in [1.82, 2.24) is 0 Å². The largest absolute Gasteiger partial charge is 0.508 e. The van der Waals surface area contributed by atoms with Crippen molar-refractivity contribution in [2.75, 3.05) is 6.61 Å². The second-order valence-electron chi connectivity index (χ2n) is 10.3. The second-order valence-corrected chi connectivity index (χ2v) is 10.3. The molecule has 3 aromatic rings. The van der Waals surface area contributed by atoms with E-state index in [2.05, 4.69) is 0 Å². The van der Waals surface area contributed by atoms with Crippen molar-refractivity contribution < 1.29 is 74.4 Å². The van der Waals surface area contributed by atoms with Crippen LogP contribution >= 0.6 is 0 Å². The molecule has 0 saturated carbocycles. The first-order valence-electron chi connectivity index (χ1n) is 13.0. The molecule has 2 aliphatic heterocycles. The molecule has 5 rings (SSSR count). The van der Waals surface area contributed by atoms with Gasteiger partial charge in [-0.3, -0.25) is 4.79 Å². The fourth-order valence-electron chi connectivity index (χ4n) is 4.84. The Bertz CT molecular complexity index is 1540. The summed E-state index contributed by atoms with van der Waals surface area (Å²) in [6.45, 7) is 0.818. The molecule has 2 aliphatic rings. The smallest absolute Gasteiger partial charge is 0.239 e. The quantitative estimate of drug-likeness (QED) is 0.140. The van der Waals surface area contributed by atoms with E-state index >= 15 is 0 Å². The molecule has 3 heterocycles. The molecule has 0 unspecified atom stereocenters. The number of aliphatic hydroxyl groups is 6. The zero-order valence-corrected chi connectivity index (χ0v) is 22.3. The lowest BCUT2D eigenvalue weighted by atomic mass is 9.98. The van der Waals surface area contributed by atoms with Gasteiger partial charge in [-0.25, -0.2) is 0 Å². The summed E-state index contributed by atoms with van der Waals surface area (Å²) in [6, 6.07) is 5.24. The van der Waals surface area contributed by atoms with Crippen LogP contribution in [0.1, 0.15) is 6.92 Å². The van der Waals surface area contributed by atoms with Gasteiger partial charge in [0.1, 0.15) is 65.2 Å². The second kappa shape index (κ2) is 11.8. The third-order valence-electron chi connectivity index (χ3n) is 7.29. The van der Waals surface area contributed by atoms with Crippen molar-refractivity contribution in [2.24, 2.45) is 0 Å². The highest BCUT2D eigenvalue weighted by molar-refractivity contribution is 5.88. The lowest BCUT2D eigenvalue weighted by molar-refractivity contribution is -0.318. The minimum absolute atomic E-state index is 0.0313. The maximum absolute atomic E-state index is 13.6. The summed E-state index contributed by atoms with van der Waals surface area (Å²) < 4.78 is 27.8. The number of benzene rings is 2. The lowest BCUT2D eigenvalue weighted by Gasteiger charge is -2.42. The average molecular weight is 611 g/mol. The molecule has 0 aliphatic carbocycles. The summed E-state index contributed by atoms with van der Waals surface area (Å²) in [6.07, 6.45) is -16.2. The summed E-state index contributed by atoms with van der Waals surface area (Å²) in [7, 11) is 0. The van der Waals surface area contributed by atoms with E-state index in [1.165, 1.54) is 13.0 Å². The number of rotatable bonds is 6. The molecule has 0 spiro atoms. The summed E-state index contributed by atoms with van der Waals surface area (Å²) >= 11 is 0. The SMILES string of the molecule is C[C@@H]1O[C@H](OC[C@H]2O[C@@H](Oc3c(-c4ccc(O)c(O)c4)oc4cc(O)cc(O)c4c3=O)[C@H](O)[C@@H](O)[C@@H]2O)[C@@H](O)[C@H](O)[C@H]1O. The van der Waals surface area contributed by atoms with Gasteiger partial charge in [0.2, 0.25) is 17.5 Å². The Hall–Kier alpha value is -3.71. The van der Waals surface area contributed by atoms with E-state index in [1.54, 1.807) is 0 Å². The van der Waals surface area contributed by atoms with Gasteiger partial charge in [-0.15, -0.1) is 0 Å². The van der Waals surface area contributed by atoms with Crippen LogP contribution in [0.2, 0.25) is 0 Å². The van der Waals surface area contributed by atoms with Gasteiger partial charge in [0.05, 0.1) is 12.7 Å². The van der Waals surface area contributed by atoms with E-state index < -0.39 is 113 Å². The predicted molar refractivity (Wildman–Crippen MR) is 140 cm³/mol. The molecule has 10 N–H and O–H groups in total. The Morgan fingerprint density at radius 1 is 0.744 bits per heavy atom. The predicted octanol–water partition coefficient (Wildman–Crippen LogP) is -1.69. The molecular weight excluding hydrogens is 580 g/mol. The van der Waals surface area contributed by atoms with Gasteiger partial charge in [-0.2, -0.15) is 0 Å². The van der Waals surface area contributed by atoms with Crippen LogP contribution in [0.15, 0.2) is 39.5 Å². The van der Waals surface area contributed by atoms with Crippen molar-refractivity contribution in [1.29, 1.82) is 0 Å². The molecule has 1 aromatic heterocycles. The van der Waals surface area contributed by atoms with Crippen molar-refractivity contribution in [3.8, 4) is 40.1 Å². The summed E-state index contributed by atoms with van der Waals surface area (Å²) in [5.41, 5.74) is -1.35. The highest BCUT2D eigenvalue weighted by Crippen LogP contribution is 2.39. The minimum Gasteiger partial charge on any atom is -0.508 e. The van der Waals surface area contributed by atoms with Crippen LogP contribution < -0.4 is 10.2 Å². The number of phenols is 4. The zero-order chi connectivity index (χ0) is 31.3. The summed E-state index contributed by atoms with van der Waals surface area (Å²) in [5.74, 6) is -3.33. The average Bonchev–Trinajstić information content (AvgIpc) is 2.96. The molecule has 16 nitrogen and oxygen atoms in total. The molecule has 16 heteroatoms. The fraction of sp³-hybridized carbons (Fsp3) is 0.444. The molecule has 10 atom stereocenters. The van der Waals surface area contributed by atoms with E-state index in [0.29, 0.717) is 0 Å². The van der Waals surface area contributed by atoms with Crippen molar-refractivity contribution in [3.63, 3.8) is 0 Å². The summed E-state index contributed by atoms with van der Waals surface area (Å²) in [5, 5.41) is 101. The standard InChI is InChI=1S/C27H30O16/c1-8-17(32)20(35)22(37)26(40-8)39-7-15-18(33)21(36)23(38)27(42-15)43-25-19(34)16-13(31)5-10(28)6-14(16)41-24(25)9-2-3-11(29)12(30)4-9/h2-6,8,15,17-18,20-23,26-33,35-38H,7H2,1H3/t8-,15+,17-,18+,20+,21-,22-,23+,26-,27-/m0/s1. The lowest BCUT2D eigenvalue weighted by Crippen LogP contribution is -2.61. The van der Waals surface area contributed by atoms with Gasteiger partial charge >= 0.3 is 0 Å². The Kier molecular flexibility index (Phi) is 8.41. The van der Waals surface area contributed by atoms with E-state index in [9.17, 15) is 55.9 Å². The molecule has 234 valence electrons. The van der Waals surface area contributed by atoms with Gasteiger partial charge in [0.25, 0.3) is 0 Å². The maximum Gasteiger partial charge on any atom is 0.239 e. The first-order valence-corrected chi connectivity index (χ1v) is 13.0. The number of aromatic hydroxyl groups is 4. The number of hydrogen-bond acceptors (Lipinski definition) is 16. The molecular formula is C27H30O16. The Balaban J connectivity index is 1.48. The molecule has 0 radical (unpaired) electrons. The maximum atomic E-state index is 13.6. The Morgan fingerprint density at radius 2 is 1.42 bits per heavy atom. The van der Waals surface area contributed by atoms with Crippen LogP contribution in [0, 0.1) is 0 Å². The van der Waals surface area contributed by atoms with E-state index in [0.717, 1.165) is 24.3 Å². The number of aliphatic hydroxyl groups excluding tert-OH is 6. The first kappa shape index (κ1) is 30.7. The van der Waals surface area contributed by atoms with Gasteiger partial charge in [-0.1, -0.05) is 0 Å². The van der Waals surface area contributed by atoms with E-state index in [4.69, 9.17) is 23.4 Å². The topological polar surface area (TPSA) is 269 Å². The van der Waals surface area contributed by atoms with Crippen LogP contribution in [-0.4, -0.2) is 119 Å². The van der Waals surface area contributed by atoms with Crippen LogP contribution in [0.3, 0.4) is 0 Å². The fourth-order valence-corrected chi connectivity index (χ4v) is 4.84. The van der Waals surface area contributed by atoms with Gasteiger partial charge in [-0.05, 0) is 25.1 Å². The first-order chi connectivity index (χ1) is 20.3. The molecule has 2 fully saturated rings. The monoisotopic (exact) mass is 610 g/mol. The van der Waals surface area contributed by atoms with E-state index in [-0.39, 0.29) is 11.1 Å². The highest BCUT2D eigenvalue weighted by Gasteiger charge is 2.47. The number of fused-ring (bicyclic) bond motifs is 1. The number of ether oxygens (including phenoxy) is 4. The summed E-state index contributed by atoms with van der Waals surface area (Å²) in [4.78, 5) is 13.6. The van der Waals surface area contributed by atoms with Crippen molar-refractivity contribution in [2.45, 2.75) is 68.3 Å². The Morgan fingerprint density at radius 3 is 2.12 bits per heavy atom. The van der Waals surface area contributed by atoms with Crippen LogP contribution in [0.5, 0.6) is 28.7 Å². The van der Waals surface area contributed by atoms with Crippen molar-refractivity contribution >= 4 is 11.0 Å². The molecule has 2 saturated heterocycles. The van der Waals surface area contributed by atoms with Gasteiger partial charge in [0.15, 0.2) is 23.5 Å². The molecule has 2 aromatic carbocycles.